The number of nitro groups is 1. The van der Waals surface area contributed by atoms with Gasteiger partial charge in [0.25, 0.3) is 5.69 Å². The van der Waals surface area contributed by atoms with Gasteiger partial charge in [0.2, 0.25) is 5.91 Å². The van der Waals surface area contributed by atoms with Gasteiger partial charge in [0.05, 0.1) is 10.7 Å². The largest absolute Gasteiger partial charge is 0.352 e. The van der Waals surface area contributed by atoms with Gasteiger partial charge in [-0.15, -0.1) is 11.8 Å². The van der Waals surface area contributed by atoms with Crippen LogP contribution < -0.4 is 5.32 Å². The fourth-order valence-corrected chi connectivity index (χ4v) is 6.92. The highest BCUT2D eigenvalue weighted by Crippen LogP contribution is 2.61. The highest BCUT2D eigenvalue weighted by atomic mass is 32.2. The lowest BCUT2D eigenvalue weighted by molar-refractivity contribution is -0.384. The maximum Gasteiger partial charge on any atom is 0.269 e. The first-order chi connectivity index (χ1) is 12.9. The van der Waals surface area contributed by atoms with E-state index in [-0.39, 0.29) is 17.6 Å². The molecule has 0 spiro atoms. The standard InChI is InChI=1S/C21H28N2O3S/c1-14(21-9-16-6-17(10-21)8-18(7-16)11-21)22-20(24)13-27-12-15-2-4-19(5-3-15)23(25)26/h2-5,14,16-18H,6-13H2,1H3,(H,22,24)/t14-,16?,17?,18?,21?/m0/s1. The summed E-state index contributed by atoms with van der Waals surface area (Å²) >= 11 is 1.57. The van der Waals surface area contributed by atoms with Crippen LogP contribution in [-0.4, -0.2) is 22.6 Å². The molecule has 146 valence electrons. The van der Waals surface area contributed by atoms with Crippen LogP contribution in [0.25, 0.3) is 0 Å². The summed E-state index contributed by atoms with van der Waals surface area (Å²) in [5.41, 5.74) is 1.45. The van der Waals surface area contributed by atoms with Gasteiger partial charge in [0, 0.05) is 23.9 Å². The zero-order valence-corrected chi connectivity index (χ0v) is 16.7. The zero-order chi connectivity index (χ0) is 19.0. The summed E-state index contributed by atoms with van der Waals surface area (Å²) in [6.07, 6.45) is 8.17. The Labute approximate surface area is 164 Å². The molecule has 0 unspecified atom stereocenters. The summed E-state index contributed by atoms with van der Waals surface area (Å²) in [7, 11) is 0. The third-order valence-electron chi connectivity index (χ3n) is 7.03. The highest BCUT2D eigenvalue weighted by Gasteiger charge is 2.53. The number of nitro benzene ring substituents is 1. The fourth-order valence-electron chi connectivity index (χ4n) is 6.12. The maximum absolute atomic E-state index is 12.5. The van der Waals surface area contributed by atoms with Gasteiger partial charge in [-0.2, -0.15) is 0 Å². The number of hydrogen-bond donors (Lipinski definition) is 1. The fraction of sp³-hybridized carbons (Fsp3) is 0.667. The minimum Gasteiger partial charge on any atom is -0.352 e. The number of non-ortho nitro benzene ring substituents is 1. The van der Waals surface area contributed by atoms with Crippen molar-refractivity contribution in [3.63, 3.8) is 0 Å². The number of nitrogens with zero attached hydrogens (tertiary/aromatic N) is 1. The molecule has 4 aliphatic rings. The molecule has 0 heterocycles. The van der Waals surface area contributed by atoms with Gasteiger partial charge < -0.3 is 5.32 Å². The zero-order valence-electron chi connectivity index (χ0n) is 15.9. The number of hydrogen-bond acceptors (Lipinski definition) is 4. The molecular weight excluding hydrogens is 360 g/mol. The van der Waals surface area contributed by atoms with Crippen molar-refractivity contribution < 1.29 is 9.72 Å². The molecule has 1 N–H and O–H groups in total. The van der Waals surface area contributed by atoms with Crippen LogP contribution in [0, 0.1) is 33.3 Å². The summed E-state index contributed by atoms with van der Waals surface area (Å²) in [5.74, 6) is 3.93. The van der Waals surface area contributed by atoms with Crippen molar-refractivity contribution in [2.45, 2.75) is 57.2 Å². The number of carbonyl (C=O) groups excluding carboxylic acids is 1. The van der Waals surface area contributed by atoms with Gasteiger partial charge in [-0.25, -0.2) is 0 Å². The van der Waals surface area contributed by atoms with E-state index in [9.17, 15) is 14.9 Å². The van der Waals surface area contributed by atoms with Gasteiger partial charge in [-0.3, -0.25) is 14.9 Å². The van der Waals surface area contributed by atoms with Crippen LogP contribution in [0.3, 0.4) is 0 Å². The van der Waals surface area contributed by atoms with E-state index < -0.39 is 4.92 Å². The number of nitrogens with one attached hydrogen (secondary N) is 1. The van der Waals surface area contributed by atoms with E-state index >= 15 is 0 Å². The molecule has 4 bridgehead atoms. The lowest BCUT2D eigenvalue weighted by Crippen LogP contribution is -2.56. The molecule has 0 aliphatic heterocycles. The van der Waals surface area contributed by atoms with Crippen LogP contribution >= 0.6 is 11.8 Å². The molecule has 1 atom stereocenters. The quantitative estimate of drug-likeness (QED) is 0.549. The van der Waals surface area contributed by atoms with Crippen molar-refractivity contribution in [1.29, 1.82) is 0 Å². The average molecular weight is 389 g/mol. The Morgan fingerprint density at radius 1 is 1.19 bits per heavy atom. The molecule has 5 rings (SSSR count). The molecule has 1 amide bonds. The van der Waals surface area contributed by atoms with E-state index in [1.807, 2.05) is 0 Å². The summed E-state index contributed by atoms with van der Waals surface area (Å²) in [6.45, 7) is 2.21. The van der Waals surface area contributed by atoms with Crippen molar-refractivity contribution in [3.8, 4) is 0 Å². The SMILES string of the molecule is C[C@H](NC(=O)CSCc1ccc([N+](=O)[O-])cc1)C12CC3CC(CC(C3)C1)C2. The first kappa shape index (κ1) is 18.8. The smallest absolute Gasteiger partial charge is 0.269 e. The average Bonchev–Trinajstić information content (AvgIpc) is 2.61. The molecule has 4 aliphatic carbocycles. The Hall–Kier alpha value is -1.56. The van der Waals surface area contributed by atoms with E-state index in [2.05, 4.69) is 12.2 Å². The second kappa shape index (κ2) is 7.46. The van der Waals surface area contributed by atoms with Crippen LogP contribution in [0.4, 0.5) is 5.69 Å². The molecule has 4 fully saturated rings. The molecule has 0 aromatic heterocycles. The molecule has 1 aromatic carbocycles. The number of carbonyl (C=O) groups is 1. The number of benzene rings is 1. The van der Waals surface area contributed by atoms with Crippen LogP contribution in [0.2, 0.25) is 0 Å². The summed E-state index contributed by atoms with van der Waals surface area (Å²) in [4.78, 5) is 22.8. The maximum atomic E-state index is 12.5. The van der Waals surface area contributed by atoms with Gasteiger partial charge in [0.1, 0.15) is 0 Å². The Kier molecular flexibility index (Phi) is 5.19. The topological polar surface area (TPSA) is 72.2 Å². The molecule has 27 heavy (non-hydrogen) atoms. The normalized spacial score (nSPS) is 32.3. The minimum atomic E-state index is -0.393. The van der Waals surface area contributed by atoms with Crippen molar-refractivity contribution in [1.82, 2.24) is 5.32 Å². The molecular formula is C21H28N2O3S. The van der Waals surface area contributed by atoms with E-state index in [0.717, 1.165) is 23.3 Å². The van der Waals surface area contributed by atoms with Crippen LogP contribution in [0.15, 0.2) is 24.3 Å². The third kappa shape index (κ3) is 4.00. The van der Waals surface area contributed by atoms with E-state index in [4.69, 9.17) is 0 Å². The predicted molar refractivity (Wildman–Crippen MR) is 107 cm³/mol. The predicted octanol–water partition coefficient (Wildman–Crippen LogP) is 4.55. The van der Waals surface area contributed by atoms with Crippen LogP contribution in [0.5, 0.6) is 0 Å². The molecule has 5 nitrogen and oxygen atoms in total. The second-order valence-electron chi connectivity index (χ2n) is 8.99. The van der Waals surface area contributed by atoms with Crippen molar-refractivity contribution in [2.75, 3.05) is 5.75 Å². The Morgan fingerprint density at radius 3 is 2.26 bits per heavy atom. The molecule has 1 aromatic rings. The van der Waals surface area contributed by atoms with E-state index in [1.54, 1.807) is 23.9 Å². The Bertz CT molecular complexity index is 683. The van der Waals surface area contributed by atoms with E-state index in [1.165, 1.54) is 50.7 Å². The summed E-state index contributed by atoms with van der Waals surface area (Å²) in [6, 6.07) is 6.83. The first-order valence-corrected chi connectivity index (χ1v) is 11.2. The lowest BCUT2D eigenvalue weighted by atomic mass is 9.48. The molecule has 0 radical (unpaired) electrons. The third-order valence-corrected chi connectivity index (χ3v) is 8.03. The van der Waals surface area contributed by atoms with Gasteiger partial charge in [-0.1, -0.05) is 12.1 Å². The van der Waals surface area contributed by atoms with Crippen molar-refractivity contribution in [3.05, 3.63) is 39.9 Å². The Balaban J connectivity index is 1.25. The van der Waals surface area contributed by atoms with Crippen molar-refractivity contribution >= 4 is 23.4 Å². The monoisotopic (exact) mass is 388 g/mol. The number of thioether (sulfide) groups is 1. The van der Waals surface area contributed by atoms with Crippen LogP contribution in [-0.2, 0) is 10.5 Å². The van der Waals surface area contributed by atoms with Gasteiger partial charge in [0.15, 0.2) is 0 Å². The lowest BCUT2D eigenvalue weighted by Gasteiger charge is -2.59. The number of rotatable bonds is 7. The van der Waals surface area contributed by atoms with Gasteiger partial charge in [-0.05, 0) is 74.2 Å². The highest BCUT2D eigenvalue weighted by molar-refractivity contribution is 7.99. The first-order valence-electron chi connectivity index (χ1n) is 10.0. The molecule has 6 heteroatoms. The molecule has 4 saturated carbocycles. The molecule has 0 saturated heterocycles. The second-order valence-corrected chi connectivity index (χ2v) is 9.97. The summed E-state index contributed by atoms with van der Waals surface area (Å²) < 4.78 is 0. The van der Waals surface area contributed by atoms with Crippen LogP contribution in [0.1, 0.15) is 51.0 Å². The summed E-state index contributed by atoms with van der Waals surface area (Å²) in [5, 5.41) is 14.0. The Morgan fingerprint density at radius 2 is 1.74 bits per heavy atom. The minimum absolute atomic E-state index is 0.103. The van der Waals surface area contributed by atoms with E-state index in [0.29, 0.717) is 16.9 Å². The van der Waals surface area contributed by atoms with Crippen molar-refractivity contribution in [2.24, 2.45) is 23.2 Å². The van der Waals surface area contributed by atoms with Gasteiger partial charge >= 0.3 is 0 Å². The number of amides is 1.